The fraction of sp³-hybridized carbons (Fsp3) is 1.00. The highest BCUT2D eigenvalue weighted by atomic mass is 19.4. The molecule has 1 fully saturated rings. The first-order chi connectivity index (χ1) is 8.60. The molecule has 0 amide bonds. The maximum Gasteiger partial charge on any atom is 0.405 e. The van der Waals surface area contributed by atoms with Crippen LogP contribution in [-0.4, -0.2) is 59.7 Å². The molecule has 3 unspecified atom stereocenters. The second-order valence-electron chi connectivity index (χ2n) is 5.67. The summed E-state index contributed by atoms with van der Waals surface area (Å²) >= 11 is 0. The van der Waals surface area contributed by atoms with E-state index in [2.05, 4.69) is 0 Å². The number of ether oxygens (including phenoxy) is 1. The zero-order chi connectivity index (χ0) is 14.8. The Morgan fingerprint density at radius 3 is 2.47 bits per heavy atom. The van der Waals surface area contributed by atoms with Crippen LogP contribution in [0.3, 0.4) is 0 Å². The summed E-state index contributed by atoms with van der Waals surface area (Å²) in [5, 5.41) is 9.16. The predicted molar refractivity (Wildman–Crippen MR) is 65.7 cm³/mol. The van der Waals surface area contributed by atoms with Crippen LogP contribution in [0.2, 0.25) is 0 Å². The molecule has 3 atom stereocenters. The van der Waals surface area contributed by atoms with Crippen molar-refractivity contribution in [2.24, 2.45) is 5.73 Å². The number of halogens is 3. The molecule has 0 radical (unpaired) electrons. The molecule has 1 rings (SSSR count). The van der Waals surface area contributed by atoms with Crippen molar-refractivity contribution in [3.05, 3.63) is 0 Å². The van der Waals surface area contributed by atoms with Gasteiger partial charge in [0, 0.05) is 19.1 Å². The van der Waals surface area contributed by atoms with Gasteiger partial charge in [-0.25, -0.2) is 0 Å². The molecule has 4 nitrogen and oxygen atoms in total. The molecular formula is C12H23F3N2O2. The predicted octanol–water partition coefficient (Wildman–Crippen LogP) is 1.13. The van der Waals surface area contributed by atoms with Crippen molar-refractivity contribution >= 4 is 0 Å². The van der Waals surface area contributed by atoms with E-state index in [9.17, 15) is 13.2 Å². The zero-order valence-electron chi connectivity index (χ0n) is 11.6. The van der Waals surface area contributed by atoms with Crippen LogP contribution in [0.4, 0.5) is 13.2 Å². The molecule has 19 heavy (non-hydrogen) atoms. The van der Waals surface area contributed by atoms with Crippen LogP contribution in [0, 0.1) is 0 Å². The minimum atomic E-state index is -4.39. The first-order valence-electron chi connectivity index (χ1n) is 6.45. The monoisotopic (exact) mass is 284 g/mol. The Labute approximate surface area is 111 Å². The molecular weight excluding hydrogens is 261 g/mol. The largest absolute Gasteiger partial charge is 0.405 e. The Morgan fingerprint density at radius 2 is 2.05 bits per heavy atom. The van der Waals surface area contributed by atoms with Crippen molar-refractivity contribution in [3.63, 3.8) is 0 Å². The van der Waals surface area contributed by atoms with Gasteiger partial charge in [0.2, 0.25) is 0 Å². The molecule has 0 spiro atoms. The summed E-state index contributed by atoms with van der Waals surface area (Å²) in [6, 6.07) is -2.68. The van der Waals surface area contributed by atoms with Crippen molar-refractivity contribution in [2.45, 2.75) is 57.2 Å². The Bertz CT molecular complexity index is 297. The third kappa shape index (κ3) is 4.30. The third-order valence-corrected chi connectivity index (χ3v) is 3.32. The van der Waals surface area contributed by atoms with Gasteiger partial charge in [-0.2, -0.15) is 13.2 Å². The summed E-state index contributed by atoms with van der Waals surface area (Å²) < 4.78 is 45.1. The van der Waals surface area contributed by atoms with E-state index in [1.165, 1.54) is 4.90 Å². The van der Waals surface area contributed by atoms with Crippen molar-refractivity contribution < 1.29 is 23.0 Å². The second-order valence-corrected chi connectivity index (χ2v) is 5.67. The molecule has 0 aromatic heterocycles. The second kappa shape index (κ2) is 5.95. The van der Waals surface area contributed by atoms with Gasteiger partial charge in [0.15, 0.2) is 0 Å². The lowest BCUT2D eigenvalue weighted by Gasteiger charge is -2.47. The van der Waals surface area contributed by atoms with Gasteiger partial charge in [0.1, 0.15) is 6.04 Å². The molecule has 0 aliphatic carbocycles. The zero-order valence-corrected chi connectivity index (χ0v) is 11.6. The van der Waals surface area contributed by atoms with Gasteiger partial charge in [0.05, 0.1) is 18.3 Å². The fourth-order valence-electron chi connectivity index (χ4n) is 2.59. The van der Waals surface area contributed by atoms with Gasteiger partial charge < -0.3 is 15.6 Å². The van der Waals surface area contributed by atoms with Gasteiger partial charge in [-0.3, -0.25) is 4.90 Å². The summed E-state index contributed by atoms with van der Waals surface area (Å²) in [4.78, 5) is 1.29. The molecule has 0 aromatic carbocycles. The first kappa shape index (κ1) is 16.7. The maximum absolute atomic E-state index is 13.2. The Kier molecular flexibility index (Phi) is 5.22. The van der Waals surface area contributed by atoms with E-state index in [0.29, 0.717) is 0 Å². The minimum Gasteiger partial charge on any atom is -0.394 e. The van der Waals surface area contributed by atoms with E-state index < -0.39 is 30.0 Å². The lowest BCUT2D eigenvalue weighted by molar-refractivity contribution is -0.225. The lowest BCUT2D eigenvalue weighted by Crippen LogP contribution is -2.64. The van der Waals surface area contributed by atoms with E-state index in [1.54, 1.807) is 20.8 Å². The SMILES string of the molecule is CCC(N)C(N1CC(CO)OC(C)(C)C1)C(F)(F)F. The summed E-state index contributed by atoms with van der Waals surface area (Å²) in [6.07, 6.45) is -4.76. The number of nitrogens with two attached hydrogens (primary N) is 1. The molecule has 0 aromatic rings. The smallest absolute Gasteiger partial charge is 0.394 e. The van der Waals surface area contributed by atoms with Crippen LogP contribution in [0.25, 0.3) is 0 Å². The molecule has 7 heteroatoms. The van der Waals surface area contributed by atoms with Crippen molar-refractivity contribution in [2.75, 3.05) is 19.7 Å². The average molecular weight is 284 g/mol. The number of rotatable bonds is 4. The van der Waals surface area contributed by atoms with Gasteiger partial charge in [-0.1, -0.05) is 6.92 Å². The maximum atomic E-state index is 13.2. The topological polar surface area (TPSA) is 58.7 Å². The van der Waals surface area contributed by atoms with Gasteiger partial charge >= 0.3 is 6.18 Å². The van der Waals surface area contributed by atoms with E-state index in [1.807, 2.05) is 0 Å². The van der Waals surface area contributed by atoms with Crippen LogP contribution in [-0.2, 0) is 4.74 Å². The van der Waals surface area contributed by atoms with E-state index in [4.69, 9.17) is 15.6 Å². The molecule has 1 aliphatic rings. The van der Waals surface area contributed by atoms with Crippen LogP contribution < -0.4 is 5.73 Å². The number of morpholine rings is 1. The number of hydrogen-bond acceptors (Lipinski definition) is 4. The first-order valence-corrected chi connectivity index (χ1v) is 6.45. The highest BCUT2D eigenvalue weighted by molar-refractivity contribution is 4.94. The third-order valence-electron chi connectivity index (χ3n) is 3.32. The normalized spacial score (nSPS) is 28.1. The van der Waals surface area contributed by atoms with Crippen molar-refractivity contribution in [1.29, 1.82) is 0 Å². The van der Waals surface area contributed by atoms with Crippen molar-refractivity contribution in [3.8, 4) is 0 Å². The molecule has 0 saturated carbocycles. The summed E-state index contributed by atoms with van der Waals surface area (Å²) in [5.74, 6) is 0. The number of aliphatic hydroxyl groups is 1. The number of hydrogen-bond donors (Lipinski definition) is 2. The molecule has 3 N–H and O–H groups in total. The van der Waals surface area contributed by atoms with Crippen LogP contribution in [0.15, 0.2) is 0 Å². The quantitative estimate of drug-likeness (QED) is 0.812. The van der Waals surface area contributed by atoms with E-state index >= 15 is 0 Å². The number of nitrogens with zero attached hydrogens (tertiary/aromatic N) is 1. The lowest BCUT2D eigenvalue weighted by atomic mass is 9.98. The molecule has 0 bridgehead atoms. The van der Waals surface area contributed by atoms with Gasteiger partial charge in [-0.15, -0.1) is 0 Å². The van der Waals surface area contributed by atoms with Crippen LogP contribution in [0.5, 0.6) is 0 Å². The molecule has 114 valence electrons. The standard InChI is InChI=1S/C12H23F3N2O2/c1-4-9(16)10(12(13,14)15)17-5-8(6-18)19-11(2,3)7-17/h8-10,18H,4-7,16H2,1-3H3. The minimum absolute atomic E-state index is 0.0395. The highest BCUT2D eigenvalue weighted by Gasteiger charge is 2.49. The molecule has 1 heterocycles. The summed E-state index contributed by atoms with van der Waals surface area (Å²) in [6.45, 7) is 4.95. The van der Waals surface area contributed by atoms with Crippen molar-refractivity contribution in [1.82, 2.24) is 4.90 Å². The van der Waals surface area contributed by atoms with E-state index in [-0.39, 0.29) is 26.1 Å². The van der Waals surface area contributed by atoms with Gasteiger partial charge in [-0.05, 0) is 20.3 Å². The Morgan fingerprint density at radius 1 is 1.47 bits per heavy atom. The van der Waals surface area contributed by atoms with Crippen LogP contribution in [0.1, 0.15) is 27.2 Å². The Balaban J connectivity index is 2.95. The highest BCUT2D eigenvalue weighted by Crippen LogP contribution is 2.32. The summed E-state index contributed by atoms with van der Waals surface area (Å²) in [7, 11) is 0. The van der Waals surface area contributed by atoms with Gasteiger partial charge in [0.25, 0.3) is 0 Å². The van der Waals surface area contributed by atoms with E-state index in [0.717, 1.165) is 0 Å². The number of alkyl halides is 3. The summed E-state index contributed by atoms with van der Waals surface area (Å²) in [5.41, 5.74) is 4.91. The Hall–Kier alpha value is -0.370. The molecule has 1 aliphatic heterocycles. The number of aliphatic hydroxyl groups excluding tert-OH is 1. The fourth-order valence-corrected chi connectivity index (χ4v) is 2.59. The average Bonchev–Trinajstić information content (AvgIpc) is 2.24. The van der Waals surface area contributed by atoms with Crippen LogP contribution >= 0.6 is 0 Å². The molecule has 1 saturated heterocycles.